The summed E-state index contributed by atoms with van der Waals surface area (Å²) in [6.45, 7) is 10.3. The molecule has 1 N–H and O–H groups in total. The molecule has 3 rings (SSSR count). The highest BCUT2D eigenvalue weighted by molar-refractivity contribution is 5.27. The van der Waals surface area contributed by atoms with Crippen molar-refractivity contribution in [2.24, 2.45) is 17.8 Å². The van der Waals surface area contributed by atoms with Crippen LogP contribution in [-0.2, 0) is 11.2 Å². The number of rotatable bonds is 6. The van der Waals surface area contributed by atoms with Gasteiger partial charge < -0.3 is 9.47 Å². The minimum atomic E-state index is -0.0914. The van der Waals surface area contributed by atoms with Crippen LogP contribution in [0.2, 0.25) is 0 Å². The molecule has 1 spiro atoms. The number of hydrogen-bond acceptors (Lipinski definition) is 3. The minimum Gasteiger partial charge on any atom is -0.497 e. The van der Waals surface area contributed by atoms with Crippen LogP contribution in [0.1, 0.15) is 65.4 Å². The van der Waals surface area contributed by atoms with Gasteiger partial charge in [-0.3, -0.25) is 5.32 Å². The molecule has 1 aromatic rings. The molecular formula is C23H37NO2. The third-order valence-corrected chi connectivity index (χ3v) is 6.13. The summed E-state index contributed by atoms with van der Waals surface area (Å²) in [5.74, 6) is 3.07. The van der Waals surface area contributed by atoms with E-state index in [1.165, 1.54) is 18.4 Å². The van der Waals surface area contributed by atoms with Gasteiger partial charge in [-0.1, -0.05) is 39.8 Å². The summed E-state index contributed by atoms with van der Waals surface area (Å²) < 4.78 is 11.8. The van der Waals surface area contributed by atoms with Gasteiger partial charge in [-0.05, 0) is 74.0 Å². The Hall–Kier alpha value is -1.06. The van der Waals surface area contributed by atoms with Gasteiger partial charge in [0.2, 0.25) is 0 Å². The number of benzene rings is 1. The summed E-state index contributed by atoms with van der Waals surface area (Å²) in [5.41, 5.74) is 1.39. The number of aryl methyl sites for hydroxylation is 1. The molecule has 3 nitrogen and oxygen atoms in total. The summed E-state index contributed by atoms with van der Waals surface area (Å²) in [6, 6.07) is 8.51. The van der Waals surface area contributed by atoms with E-state index in [-0.39, 0.29) is 11.3 Å². The molecule has 2 unspecified atom stereocenters. The van der Waals surface area contributed by atoms with Crippen LogP contribution in [0.3, 0.4) is 0 Å². The van der Waals surface area contributed by atoms with E-state index >= 15 is 0 Å². The second-order valence-corrected chi connectivity index (χ2v) is 9.49. The molecule has 1 saturated carbocycles. The zero-order valence-corrected chi connectivity index (χ0v) is 17.3. The Bertz CT molecular complexity index is 572. The van der Waals surface area contributed by atoms with E-state index < -0.39 is 0 Å². The van der Waals surface area contributed by atoms with Gasteiger partial charge in [-0.2, -0.15) is 0 Å². The lowest BCUT2D eigenvalue weighted by Crippen LogP contribution is -2.55. The van der Waals surface area contributed by atoms with E-state index in [2.05, 4.69) is 57.3 Å². The maximum atomic E-state index is 6.53. The number of ether oxygens (including phenoxy) is 2. The van der Waals surface area contributed by atoms with Crippen LogP contribution in [0.5, 0.6) is 5.75 Å². The van der Waals surface area contributed by atoms with Gasteiger partial charge in [0.25, 0.3) is 0 Å². The van der Waals surface area contributed by atoms with Crippen LogP contribution >= 0.6 is 0 Å². The van der Waals surface area contributed by atoms with Gasteiger partial charge >= 0.3 is 0 Å². The van der Waals surface area contributed by atoms with Crippen molar-refractivity contribution in [1.29, 1.82) is 0 Å². The predicted octanol–water partition coefficient (Wildman–Crippen LogP) is 5.18. The Balaban J connectivity index is 1.70. The molecule has 146 valence electrons. The van der Waals surface area contributed by atoms with E-state index in [4.69, 9.17) is 9.47 Å². The first kappa shape index (κ1) is 19.7. The van der Waals surface area contributed by atoms with Crippen LogP contribution < -0.4 is 10.1 Å². The number of methoxy groups -OCH3 is 1. The SMILES string of the molecule is COc1ccc(CCC2(CC(C)C)COC3(C[C@H](C)C[C@H](C)C3)N2)cc1. The monoisotopic (exact) mass is 359 g/mol. The molecule has 0 radical (unpaired) electrons. The first-order valence-corrected chi connectivity index (χ1v) is 10.4. The van der Waals surface area contributed by atoms with Crippen molar-refractivity contribution >= 4 is 0 Å². The fourth-order valence-corrected chi connectivity index (χ4v) is 5.42. The molecule has 1 aromatic carbocycles. The van der Waals surface area contributed by atoms with E-state index in [9.17, 15) is 0 Å². The van der Waals surface area contributed by atoms with Crippen molar-refractivity contribution in [2.45, 2.75) is 77.5 Å². The van der Waals surface area contributed by atoms with Gasteiger partial charge in [-0.25, -0.2) is 0 Å². The second kappa shape index (κ2) is 7.90. The molecule has 2 fully saturated rings. The summed E-state index contributed by atoms with van der Waals surface area (Å²) in [4.78, 5) is 0. The zero-order valence-electron chi connectivity index (χ0n) is 17.3. The Morgan fingerprint density at radius 1 is 1.15 bits per heavy atom. The molecule has 0 bridgehead atoms. The molecular weight excluding hydrogens is 322 g/mol. The van der Waals surface area contributed by atoms with E-state index in [1.807, 2.05) is 0 Å². The van der Waals surface area contributed by atoms with E-state index in [0.29, 0.717) is 5.92 Å². The van der Waals surface area contributed by atoms with Crippen LogP contribution in [0.4, 0.5) is 0 Å². The molecule has 0 amide bonds. The molecule has 26 heavy (non-hydrogen) atoms. The van der Waals surface area contributed by atoms with Crippen LogP contribution in [-0.4, -0.2) is 25.0 Å². The van der Waals surface area contributed by atoms with E-state index in [0.717, 1.165) is 49.9 Å². The average molecular weight is 360 g/mol. The van der Waals surface area contributed by atoms with Gasteiger partial charge in [0, 0.05) is 5.54 Å². The molecule has 0 aromatic heterocycles. The quantitative estimate of drug-likeness (QED) is 0.758. The minimum absolute atomic E-state index is 0.0914. The van der Waals surface area contributed by atoms with Crippen molar-refractivity contribution < 1.29 is 9.47 Å². The molecule has 1 saturated heterocycles. The second-order valence-electron chi connectivity index (χ2n) is 9.49. The van der Waals surface area contributed by atoms with Gasteiger partial charge in [-0.15, -0.1) is 0 Å². The normalized spacial score (nSPS) is 34.5. The van der Waals surface area contributed by atoms with Gasteiger partial charge in [0.1, 0.15) is 11.5 Å². The van der Waals surface area contributed by atoms with Crippen molar-refractivity contribution in [1.82, 2.24) is 5.32 Å². The maximum absolute atomic E-state index is 6.53. The van der Waals surface area contributed by atoms with Crippen molar-refractivity contribution in [3.05, 3.63) is 29.8 Å². The maximum Gasteiger partial charge on any atom is 0.120 e. The van der Waals surface area contributed by atoms with Gasteiger partial charge in [0.15, 0.2) is 0 Å². The highest BCUT2D eigenvalue weighted by atomic mass is 16.5. The number of nitrogens with one attached hydrogen (secondary N) is 1. The Morgan fingerprint density at radius 3 is 2.38 bits per heavy atom. The highest BCUT2D eigenvalue weighted by Gasteiger charge is 2.50. The predicted molar refractivity (Wildman–Crippen MR) is 107 cm³/mol. The van der Waals surface area contributed by atoms with Crippen molar-refractivity contribution in [3.63, 3.8) is 0 Å². The first-order chi connectivity index (χ1) is 12.3. The fourth-order valence-electron chi connectivity index (χ4n) is 5.42. The Kier molecular flexibility index (Phi) is 5.98. The summed E-state index contributed by atoms with van der Waals surface area (Å²) in [5, 5.41) is 4.06. The molecule has 2 aliphatic rings. The smallest absolute Gasteiger partial charge is 0.120 e. The lowest BCUT2D eigenvalue weighted by molar-refractivity contribution is -0.0660. The largest absolute Gasteiger partial charge is 0.497 e. The lowest BCUT2D eigenvalue weighted by atomic mass is 9.77. The topological polar surface area (TPSA) is 30.5 Å². The fraction of sp³-hybridized carbons (Fsp3) is 0.739. The van der Waals surface area contributed by atoms with Crippen molar-refractivity contribution in [3.8, 4) is 5.75 Å². The van der Waals surface area contributed by atoms with Crippen LogP contribution in [0, 0.1) is 17.8 Å². The van der Waals surface area contributed by atoms with Crippen LogP contribution in [0.15, 0.2) is 24.3 Å². The standard InChI is InChI=1S/C23H37NO2/c1-17(2)13-22(11-10-20-6-8-21(25-5)9-7-20)16-26-23(24-22)14-18(3)12-19(4)15-23/h6-9,17-19,24H,10-16H2,1-5H3/t18-,19+,22?,23?. The van der Waals surface area contributed by atoms with Crippen LogP contribution in [0.25, 0.3) is 0 Å². The molecule has 4 atom stereocenters. The zero-order chi connectivity index (χ0) is 18.8. The molecule has 1 aliphatic heterocycles. The Morgan fingerprint density at radius 2 is 1.81 bits per heavy atom. The molecule has 3 heteroatoms. The van der Waals surface area contributed by atoms with Gasteiger partial charge in [0.05, 0.1) is 13.7 Å². The average Bonchev–Trinajstić information content (AvgIpc) is 2.89. The highest BCUT2D eigenvalue weighted by Crippen LogP contribution is 2.43. The summed E-state index contributed by atoms with van der Waals surface area (Å²) in [7, 11) is 1.72. The Labute approximate surface area is 159 Å². The third-order valence-electron chi connectivity index (χ3n) is 6.13. The molecule has 1 aliphatic carbocycles. The lowest BCUT2D eigenvalue weighted by Gasteiger charge is -2.42. The summed E-state index contributed by atoms with van der Waals surface area (Å²) >= 11 is 0. The van der Waals surface area contributed by atoms with Crippen molar-refractivity contribution in [2.75, 3.05) is 13.7 Å². The number of hydrogen-bond donors (Lipinski definition) is 1. The molecule has 1 heterocycles. The third kappa shape index (κ3) is 4.61. The first-order valence-electron chi connectivity index (χ1n) is 10.4. The van der Waals surface area contributed by atoms with E-state index in [1.54, 1.807) is 7.11 Å². The summed E-state index contributed by atoms with van der Waals surface area (Å²) in [6.07, 6.45) is 7.01.